The Morgan fingerprint density at radius 3 is 2.96 bits per heavy atom. The average molecular weight is 336 g/mol. The van der Waals surface area contributed by atoms with Crippen LogP contribution < -0.4 is 5.32 Å². The third-order valence-corrected chi connectivity index (χ3v) is 5.80. The number of fused-ring (bicyclic) bond motifs is 1. The van der Waals surface area contributed by atoms with Gasteiger partial charge in [0.2, 0.25) is 0 Å². The van der Waals surface area contributed by atoms with E-state index in [4.69, 9.17) is 4.42 Å². The summed E-state index contributed by atoms with van der Waals surface area (Å²) in [6.45, 7) is 2.82. The van der Waals surface area contributed by atoms with Crippen LogP contribution in [0.1, 0.15) is 12.7 Å². The maximum atomic E-state index is 12.3. The fourth-order valence-corrected chi connectivity index (χ4v) is 4.51. The van der Waals surface area contributed by atoms with Crippen LogP contribution in [-0.4, -0.2) is 43.9 Å². The van der Waals surface area contributed by atoms with Crippen molar-refractivity contribution in [3.63, 3.8) is 0 Å². The molecule has 1 saturated heterocycles. The summed E-state index contributed by atoms with van der Waals surface area (Å²) in [7, 11) is -3.06. The van der Waals surface area contributed by atoms with Crippen LogP contribution in [0.15, 0.2) is 34.7 Å². The minimum absolute atomic E-state index is 0.0232. The number of nitrogens with one attached hydrogen (secondary N) is 1. The molecule has 6 nitrogen and oxygen atoms in total. The molecular weight excluding hydrogens is 316 g/mol. The van der Waals surface area contributed by atoms with Crippen molar-refractivity contribution in [2.24, 2.45) is 5.92 Å². The second kappa shape index (κ2) is 6.23. The highest BCUT2D eigenvalue weighted by Crippen LogP contribution is 2.18. The number of carbonyl (C=O) groups excluding carboxylic acids is 1. The maximum absolute atomic E-state index is 12.3. The van der Waals surface area contributed by atoms with E-state index in [1.807, 2.05) is 37.3 Å². The van der Waals surface area contributed by atoms with Crippen molar-refractivity contribution >= 4 is 26.8 Å². The molecule has 7 heteroatoms. The van der Waals surface area contributed by atoms with Crippen LogP contribution in [0, 0.1) is 5.92 Å². The minimum Gasteiger partial charge on any atom is -0.459 e. The van der Waals surface area contributed by atoms with E-state index >= 15 is 0 Å². The van der Waals surface area contributed by atoms with E-state index in [9.17, 15) is 13.2 Å². The molecule has 0 saturated carbocycles. The Morgan fingerprint density at radius 1 is 1.39 bits per heavy atom. The number of carbonyl (C=O) groups is 1. The standard InChI is InChI=1S/C16H20N2O4S/c1-12-10-18(6-7-23(20,21)11-12)16(19)17-9-14-8-13-4-2-3-5-15(13)22-14/h2-5,8,12H,6-7,9-11H2,1H3,(H,17,19)/t12-/m0/s1. The van der Waals surface area contributed by atoms with E-state index in [0.29, 0.717) is 12.3 Å². The monoisotopic (exact) mass is 336 g/mol. The van der Waals surface area contributed by atoms with E-state index in [1.165, 1.54) is 0 Å². The third-order valence-electron chi connectivity index (χ3n) is 3.92. The molecule has 2 heterocycles. The van der Waals surface area contributed by atoms with Gasteiger partial charge in [-0.25, -0.2) is 13.2 Å². The Hall–Kier alpha value is -2.02. The summed E-state index contributed by atoms with van der Waals surface area (Å²) in [5.41, 5.74) is 0.784. The second-order valence-electron chi connectivity index (χ2n) is 6.07. The van der Waals surface area contributed by atoms with Crippen LogP contribution in [-0.2, 0) is 16.4 Å². The highest BCUT2D eigenvalue weighted by atomic mass is 32.2. The van der Waals surface area contributed by atoms with Gasteiger partial charge >= 0.3 is 6.03 Å². The van der Waals surface area contributed by atoms with E-state index in [1.54, 1.807) is 4.90 Å². The van der Waals surface area contributed by atoms with Gasteiger partial charge in [0.25, 0.3) is 0 Å². The number of sulfone groups is 1. The molecule has 2 aromatic rings. The summed E-state index contributed by atoms with van der Waals surface area (Å²) in [4.78, 5) is 13.8. The largest absolute Gasteiger partial charge is 0.459 e. The molecule has 1 atom stereocenters. The van der Waals surface area contributed by atoms with Crippen LogP contribution in [0.3, 0.4) is 0 Å². The van der Waals surface area contributed by atoms with Crippen molar-refractivity contribution in [2.75, 3.05) is 24.6 Å². The van der Waals surface area contributed by atoms with Gasteiger partial charge in [-0.1, -0.05) is 25.1 Å². The van der Waals surface area contributed by atoms with Gasteiger partial charge in [0.1, 0.15) is 11.3 Å². The molecule has 1 aromatic heterocycles. The molecule has 1 N–H and O–H groups in total. The van der Waals surface area contributed by atoms with Gasteiger partial charge in [-0.2, -0.15) is 0 Å². The predicted molar refractivity (Wildman–Crippen MR) is 87.8 cm³/mol. The van der Waals surface area contributed by atoms with E-state index < -0.39 is 9.84 Å². The first kappa shape index (κ1) is 15.9. The van der Waals surface area contributed by atoms with Gasteiger partial charge in [-0.15, -0.1) is 0 Å². The van der Waals surface area contributed by atoms with Crippen LogP contribution in [0.25, 0.3) is 11.0 Å². The molecule has 0 bridgehead atoms. The Balaban J connectivity index is 1.62. The molecule has 1 aliphatic rings. The Kier molecular flexibility index (Phi) is 4.30. The van der Waals surface area contributed by atoms with Crippen molar-refractivity contribution in [3.8, 4) is 0 Å². The number of benzene rings is 1. The Labute approximate surface area is 135 Å². The second-order valence-corrected chi connectivity index (χ2v) is 8.30. The van der Waals surface area contributed by atoms with Gasteiger partial charge in [0, 0.05) is 18.5 Å². The lowest BCUT2D eigenvalue weighted by Gasteiger charge is -2.22. The van der Waals surface area contributed by atoms with Gasteiger partial charge in [0.05, 0.1) is 18.1 Å². The number of hydrogen-bond acceptors (Lipinski definition) is 4. The summed E-state index contributed by atoms with van der Waals surface area (Å²) in [5.74, 6) is 0.782. The number of nitrogens with zero attached hydrogens (tertiary/aromatic N) is 1. The molecule has 3 rings (SSSR count). The number of para-hydroxylation sites is 1. The van der Waals surface area contributed by atoms with Crippen LogP contribution in [0.5, 0.6) is 0 Å². The SMILES string of the molecule is C[C@H]1CN(C(=O)NCc2cc3ccccc3o2)CCS(=O)(=O)C1. The zero-order valence-corrected chi connectivity index (χ0v) is 13.8. The van der Waals surface area contributed by atoms with Crippen molar-refractivity contribution in [2.45, 2.75) is 13.5 Å². The first-order valence-electron chi connectivity index (χ1n) is 7.63. The van der Waals surface area contributed by atoms with E-state index in [-0.39, 0.29) is 36.5 Å². The normalized spacial score (nSPS) is 21.1. The minimum atomic E-state index is -3.06. The zero-order chi connectivity index (χ0) is 16.4. The quantitative estimate of drug-likeness (QED) is 0.910. The molecule has 2 amide bonds. The zero-order valence-electron chi connectivity index (χ0n) is 13.0. The molecule has 1 aliphatic heterocycles. The van der Waals surface area contributed by atoms with Gasteiger partial charge in [0.15, 0.2) is 9.84 Å². The highest BCUT2D eigenvalue weighted by Gasteiger charge is 2.26. The first-order valence-corrected chi connectivity index (χ1v) is 9.46. The molecule has 124 valence electrons. The Morgan fingerprint density at radius 2 is 2.17 bits per heavy atom. The van der Waals surface area contributed by atoms with Gasteiger partial charge in [-0.3, -0.25) is 0 Å². The number of furan rings is 1. The van der Waals surface area contributed by atoms with Crippen molar-refractivity contribution < 1.29 is 17.6 Å². The lowest BCUT2D eigenvalue weighted by Crippen LogP contribution is -2.42. The molecule has 1 aromatic carbocycles. The number of rotatable bonds is 2. The first-order chi connectivity index (χ1) is 10.9. The highest BCUT2D eigenvalue weighted by molar-refractivity contribution is 7.91. The van der Waals surface area contributed by atoms with Crippen molar-refractivity contribution in [1.82, 2.24) is 10.2 Å². The summed E-state index contributed by atoms with van der Waals surface area (Å²) < 4.78 is 29.2. The van der Waals surface area contributed by atoms with Gasteiger partial charge in [-0.05, 0) is 18.1 Å². The fourth-order valence-electron chi connectivity index (χ4n) is 2.87. The third kappa shape index (κ3) is 3.85. The van der Waals surface area contributed by atoms with E-state index in [2.05, 4.69) is 5.32 Å². The Bertz CT molecular complexity index is 779. The maximum Gasteiger partial charge on any atom is 0.317 e. The lowest BCUT2D eigenvalue weighted by atomic mass is 10.2. The summed E-state index contributed by atoms with van der Waals surface area (Å²) in [5, 5.41) is 3.80. The van der Waals surface area contributed by atoms with Crippen LogP contribution in [0.4, 0.5) is 4.79 Å². The molecular formula is C16H20N2O4S. The number of urea groups is 1. The molecule has 0 aliphatic carbocycles. The van der Waals surface area contributed by atoms with Crippen LogP contribution >= 0.6 is 0 Å². The number of hydrogen-bond donors (Lipinski definition) is 1. The average Bonchev–Trinajstić information content (AvgIpc) is 2.84. The van der Waals surface area contributed by atoms with Crippen LogP contribution in [0.2, 0.25) is 0 Å². The molecule has 0 spiro atoms. The number of amides is 2. The molecule has 0 unspecified atom stereocenters. The summed E-state index contributed by atoms with van der Waals surface area (Å²) in [6.07, 6.45) is 0. The predicted octanol–water partition coefficient (Wildman–Crippen LogP) is 2.01. The smallest absolute Gasteiger partial charge is 0.317 e. The summed E-state index contributed by atoms with van der Waals surface area (Å²) >= 11 is 0. The van der Waals surface area contributed by atoms with Crippen molar-refractivity contribution in [3.05, 3.63) is 36.1 Å². The van der Waals surface area contributed by atoms with Gasteiger partial charge < -0.3 is 14.6 Å². The fraction of sp³-hybridized carbons (Fsp3) is 0.438. The topological polar surface area (TPSA) is 79.6 Å². The van der Waals surface area contributed by atoms with Crippen molar-refractivity contribution in [1.29, 1.82) is 0 Å². The molecule has 23 heavy (non-hydrogen) atoms. The molecule has 0 radical (unpaired) electrons. The van der Waals surface area contributed by atoms with E-state index in [0.717, 1.165) is 11.0 Å². The summed E-state index contributed by atoms with van der Waals surface area (Å²) in [6, 6.07) is 9.29. The lowest BCUT2D eigenvalue weighted by molar-refractivity contribution is 0.194. The molecule has 1 fully saturated rings.